The summed E-state index contributed by atoms with van der Waals surface area (Å²) >= 11 is 0. The Labute approximate surface area is 102 Å². The minimum atomic E-state index is -0.330. The van der Waals surface area contributed by atoms with Gasteiger partial charge < -0.3 is 14.5 Å². The Morgan fingerprint density at radius 3 is 3.12 bits per heavy atom. The molecule has 6 heteroatoms. The van der Waals surface area contributed by atoms with Crippen LogP contribution in [0.1, 0.15) is 32.6 Å². The maximum atomic E-state index is 11.1. The Kier molecular flexibility index (Phi) is 7.11. The molecule has 0 aromatic rings. The molecule has 6 nitrogen and oxygen atoms in total. The van der Waals surface area contributed by atoms with E-state index in [4.69, 9.17) is 10.6 Å². The maximum Gasteiger partial charge on any atom is 0.327 e. The van der Waals surface area contributed by atoms with Gasteiger partial charge in [-0.1, -0.05) is 12.5 Å². The molecule has 1 saturated heterocycles. The molecule has 0 aliphatic carbocycles. The van der Waals surface area contributed by atoms with Crippen molar-refractivity contribution in [2.45, 2.75) is 38.7 Å². The number of rotatable bonds is 7. The van der Waals surface area contributed by atoms with Crippen molar-refractivity contribution >= 4 is 5.97 Å². The highest BCUT2D eigenvalue weighted by Gasteiger charge is 2.20. The van der Waals surface area contributed by atoms with Crippen LogP contribution < -0.4 is 11.4 Å². The second-order valence-corrected chi connectivity index (χ2v) is 4.28. The fourth-order valence-electron chi connectivity index (χ4n) is 2.00. The number of carbonyl (C=O) groups is 1. The van der Waals surface area contributed by atoms with Crippen LogP contribution in [0, 0.1) is 0 Å². The molecule has 1 heterocycles. The monoisotopic (exact) mass is 245 g/mol. The molecule has 0 bridgehead atoms. The second-order valence-electron chi connectivity index (χ2n) is 4.28. The van der Waals surface area contributed by atoms with Gasteiger partial charge in [0.15, 0.2) is 0 Å². The highest BCUT2D eigenvalue weighted by Crippen LogP contribution is 2.13. The standard InChI is InChI=1S/C11H23N3O3/c1-2-8-16-10-4-3-6-14(9-10)7-5-11(15)17-13-12/h10,13H,2-9,12H2,1H3. The molecule has 0 aromatic carbocycles. The second kappa shape index (κ2) is 8.41. The summed E-state index contributed by atoms with van der Waals surface area (Å²) in [6.07, 6.45) is 3.95. The van der Waals surface area contributed by atoms with Crippen LogP contribution in [0.2, 0.25) is 0 Å². The van der Waals surface area contributed by atoms with E-state index in [1.165, 1.54) is 0 Å². The fraction of sp³-hybridized carbons (Fsp3) is 0.909. The van der Waals surface area contributed by atoms with Gasteiger partial charge in [0.2, 0.25) is 0 Å². The first-order valence-electron chi connectivity index (χ1n) is 6.25. The first-order chi connectivity index (χ1) is 8.26. The molecule has 1 rings (SSSR count). The Morgan fingerprint density at radius 2 is 2.41 bits per heavy atom. The van der Waals surface area contributed by atoms with Crippen molar-refractivity contribution in [1.29, 1.82) is 0 Å². The summed E-state index contributed by atoms with van der Waals surface area (Å²) in [5.74, 6) is 4.56. The average Bonchev–Trinajstić information content (AvgIpc) is 2.35. The zero-order valence-corrected chi connectivity index (χ0v) is 10.5. The molecule has 0 amide bonds. The van der Waals surface area contributed by atoms with Crippen molar-refractivity contribution in [2.24, 2.45) is 5.84 Å². The zero-order valence-electron chi connectivity index (χ0n) is 10.5. The van der Waals surface area contributed by atoms with Crippen LogP contribution >= 0.6 is 0 Å². The van der Waals surface area contributed by atoms with Gasteiger partial charge in [-0.3, -0.25) is 4.79 Å². The van der Waals surface area contributed by atoms with E-state index in [-0.39, 0.29) is 5.97 Å². The third-order valence-corrected chi connectivity index (χ3v) is 2.82. The van der Waals surface area contributed by atoms with Gasteiger partial charge in [0.1, 0.15) is 0 Å². The summed E-state index contributed by atoms with van der Waals surface area (Å²) in [5.41, 5.74) is 1.90. The molecule has 0 radical (unpaired) electrons. The van der Waals surface area contributed by atoms with Gasteiger partial charge in [0.05, 0.1) is 12.5 Å². The third kappa shape index (κ3) is 5.97. The Hall–Kier alpha value is -0.690. The van der Waals surface area contributed by atoms with Crippen molar-refractivity contribution in [3.8, 4) is 0 Å². The van der Waals surface area contributed by atoms with Crippen molar-refractivity contribution in [2.75, 3.05) is 26.2 Å². The van der Waals surface area contributed by atoms with Crippen molar-refractivity contribution < 1.29 is 14.4 Å². The van der Waals surface area contributed by atoms with Gasteiger partial charge in [-0.05, 0) is 25.8 Å². The predicted octanol–water partition coefficient (Wildman–Crippen LogP) is 0.189. The Balaban J connectivity index is 2.17. The van der Waals surface area contributed by atoms with Gasteiger partial charge in [-0.15, -0.1) is 0 Å². The number of piperidine rings is 1. The molecule has 1 atom stereocenters. The van der Waals surface area contributed by atoms with E-state index in [9.17, 15) is 4.79 Å². The molecule has 0 spiro atoms. The van der Waals surface area contributed by atoms with Gasteiger partial charge in [0, 0.05) is 19.7 Å². The summed E-state index contributed by atoms with van der Waals surface area (Å²) in [7, 11) is 0. The van der Waals surface area contributed by atoms with Crippen LogP contribution in [0.5, 0.6) is 0 Å². The van der Waals surface area contributed by atoms with E-state index in [2.05, 4.69) is 16.7 Å². The third-order valence-electron chi connectivity index (χ3n) is 2.82. The molecule has 100 valence electrons. The highest BCUT2D eigenvalue weighted by atomic mass is 16.7. The van der Waals surface area contributed by atoms with E-state index in [0.717, 1.165) is 39.0 Å². The molecular formula is C11H23N3O3. The topological polar surface area (TPSA) is 76.8 Å². The number of carbonyl (C=O) groups excluding carboxylic acids is 1. The van der Waals surface area contributed by atoms with E-state index >= 15 is 0 Å². The number of nitrogens with one attached hydrogen (secondary N) is 1. The molecule has 1 aliphatic rings. The molecular weight excluding hydrogens is 222 g/mol. The van der Waals surface area contributed by atoms with Gasteiger partial charge in [-0.2, -0.15) is 0 Å². The van der Waals surface area contributed by atoms with E-state index in [0.29, 0.717) is 19.1 Å². The van der Waals surface area contributed by atoms with Crippen LogP contribution in [0.15, 0.2) is 0 Å². The summed E-state index contributed by atoms with van der Waals surface area (Å²) in [6.45, 7) is 5.55. The van der Waals surface area contributed by atoms with E-state index in [1.807, 2.05) is 5.59 Å². The summed E-state index contributed by atoms with van der Waals surface area (Å²) in [6, 6.07) is 0. The van der Waals surface area contributed by atoms with Crippen LogP contribution in [0.3, 0.4) is 0 Å². The molecule has 3 N–H and O–H groups in total. The number of hydrogen-bond acceptors (Lipinski definition) is 6. The predicted molar refractivity (Wildman–Crippen MR) is 63.7 cm³/mol. The molecule has 0 aromatic heterocycles. The van der Waals surface area contributed by atoms with Gasteiger partial charge in [0.25, 0.3) is 0 Å². The molecule has 1 unspecified atom stereocenters. The minimum absolute atomic E-state index is 0.312. The van der Waals surface area contributed by atoms with Crippen LogP contribution in [0.4, 0.5) is 0 Å². The number of nitrogens with zero attached hydrogens (tertiary/aromatic N) is 1. The molecule has 17 heavy (non-hydrogen) atoms. The Bertz CT molecular complexity index is 226. The normalized spacial score (nSPS) is 21.4. The highest BCUT2D eigenvalue weighted by molar-refractivity contribution is 5.69. The quantitative estimate of drug-likeness (QED) is 0.492. The minimum Gasteiger partial charge on any atom is -0.377 e. The number of likely N-dealkylation sites (tertiary alicyclic amines) is 1. The lowest BCUT2D eigenvalue weighted by Crippen LogP contribution is -2.41. The van der Waals surface area contributed by atoms with E-state index in [1.54, 1.807) is 0 Å². The smallest absolute Gasteiger partial charge is 0.327 e. The van der Waals surface area contributed by atoms with Crippen molar-refractivity contribution in [1.82, 2.24) is 10.5 Å². The summed E-state index contributed by atoms with van der Waals surface area (Å²) < 4.78 is 5.73. The fourth-order valence-corrected chi connectivity index (χ4v) is 2.00. The van der Waals surface area contributed by atoms with Crippen LogP contribution in [-0.4, -0.2) is 43.2 Å². The van der Waals surface area contributed by atoms with Crippen molar-refractivity contribution in [3.05, 3.63) is 0 Å². The number of ether oxygens (including phenoxy) is 1. The summed E-state index contributed by atoms with van der Waals surface area (Å²) in [5, 5.41) is 0. The summed E-state index contributed by atoms with van der Waals surface area (Å²) in [4.78, 5) is 17.8. The van der Waals surface area contributed by atoms with E-state index < -0.39 is 0 Å². The lowest BCUT2D eigenvalue weighted by atomic mass is 10.1. The van der Waals surface area contributed by atoms with Gasteiger partial charge >= 0.3 is 5.97 Å². The first kappa shape index (κ1) is 14.4. The van der Waals surface area contributed by atoms with Crippen molar-refractivity contribution in [3.63, 3.8) is 0 Å². The Morgan fingerprint density at radius 1 is 1.59 bits per heavy atom. The zero-order chi connectivity index (χ0) is 12.5. The van der Waals surface area contributed by atoms with Crippen LogP contribution in [0.25, 0.3) is 0 Å². The van der Waals surface area contributed by atoms with Crippen LogP contribution in [-0.2, 0) is 14.4 Å². The molecule has 1 aliphatic heterocycles. The van der Waals surface area contributed by atoms with Gasteiger partial charge in [-0.25, -0.2) is 5.84 Å². The molecule has 0 saturated carbocycles. The SMILES string of the molecule is CCCOC1CCCN(CCC(=O)ONN)C1. The lowest BCUT2D eigenvalue weighted by molar-refractivity contribution is -0.151. The maximum absolute atomic E-state index is 11.1. The molecule has 1 fully saturated rings. The first-order valence-corrected chi connectivity index (χ1v) is 6.25. The average molecular weight is 245 g/mol. The number of nitrogens with two attached hydrogens (primary N) is 1. The number of hydrazine groups is 1. The number of hydrogen-bond donors (Lipinski definition) is 2. The lowest BCUT2D eigenvalue weighted by Gasteiger charge is -2.32. The largest absolute Gasteiger partial charge is 0.377 e.